The lowest BCUT2D eigenvalue weighted by Gasteiger charge is -2.15. The van der Waals surface area contributed by atoms with Gasteiger partial charge >= 0.3 is 0 Å². The Morgan fingerprint density at radius 3 is 2.62 bits per heavy atom. The second kappa shape index (κ2) is 9.92. The predicted octanol–water partition coefficient (Wildman–Crippen LogP) is 5.84. The van der Waals surface area contributed by atoms with Crippen LogP contribution in [0.25, 0.3) is 55.6 Å². The lowest BCUT2D eigenvalue weighted by atomic mass is 10.0. The average Bonchev–Trinajstić information content (AvgIpc) is 3.72. The topological polar surface area (TPSA) is 95.6 Å². The van der Waals surface area contributed by atoms with E-state index in [1.54, 1.807) is 24.8 Å². The Kier molecular flexibility index (Phi) is 5.97. The maximum absolute atomic E-state index is 14.7. The Morgan fingerprint density at radius 2 is 1.74 bits per heavy atom. The molecule has 1 aliphatic heterocycles. The zero-order chi connectivity index (χ0) is 26.2. The first-order valence-corrected chi connectivity index (χ1v) is 13.1. The average molecular weight is 520 g/mol. The van der Waals surface area contributed by atoms with E-state index < -0.39 is 0 Å². The lowest BCUT2D eigenvalue weighted by molar-refractivity contribution is 0.237. The fraction of sp³-hybridized carbons (Fsp3) is 0.200. The van der Waals surface area contributed by atoms with Crippen molar-refractivity contribution in [3.8, 4) is 39.4 Å². The molecule has 0 saturated carbocycles. The van der Waals surface area contributed by atoms with Gasteiger partial charge < -0.3 is 9.72 Å². The number of rotatable bonds is 7. The summed E-state index contributed by atoms with van der Waals surface area (Å²) in [7, 11) is 0. The van der Waals surface area contributed by atoms with Gasteiger partial charge in [0.1, 0.15) is 18.2 Å². The minimum atomic E-state index is -0.342. The van der Waals surface area contributed by atoms with Crippen molar-refractivity contribution in [3.05, 3.63) is 79.3 Å². The molecular weight excluding hydrogens is 493 g/mol. The van der Waals surface area contributed by atoms with Crippen LogP contribution in [0.4, 0.5) is 4.39 Å². The molecule has 7 rings (SSSR count). The van der Waals surface area contributed by atoms with Crippen molar-refractivity contribution >= 4 is 21.9 Å². The molecule has 0 aliphatic carbocycles. The molecule has 1 saturated heterocycles. The highest BCUT2D eigenvalue weighted by Crippen LogP contribution is 2.35. The smallest absolute Gasteiger partial charge is 0.181 e. The van der Waals surface area contributed by atoms with Crippen molar-refractivity contribution in [3.63, 3.8) is 0 Å². The monoisotopic (exact) mass is 519 g/mol. The number of pyridine rings is 3. The first kappa shape index (κ1) is 23.5. The second-order valence-corrected chi connectivity index (χ2v) is 9.83. The highest BCUT2D eigenvalue weighted by molar-refractivity contribution is 6.00. The van der Waals surface area contributed by atoms with Gasteiger partial charge in [-0.15, -0.1) is 0 Å². The summed E-state index contributed by atoms with van der Waals surface area (Å²) in [5.41, 5.74) is 6.66. The van der Waals surface area contributed by atoms with Crippen molar-refractivity contribution in [1.82, 2.24) is 35.0 Å². The van der Waals surface area contributed by atoms with Gasteiger partial charge in [-0.05, 0) is 73.5 Å². The zero-order valence-electron chi connectivity index (χ0n) is 21.2. The molecular formula is C30H26FN7O. The Morgan fingerprint density at radius 1 is 0.872 bits per heavy atom. The lowest BCUT2D eigenvalue weighted by Crippen LogP contribution is -2.25. The Hall–Kier alpha value is -4.63. The van der Waals surface area contributed by atoms with Gasteiger partial charge in [0.15, 0.2) is 5.65 Å². The number of halogens is 1. The molecule has 0 unspecified atom stereocenters. The van der Waals surface area contributed by atoms with Gasteiger partial charge in [0.05, 0.1) is 23.1 Å². The van der Waals surface area contributed by atoms with Crippen LogP contribution in [0.3, 0.4) is 0 Å². The molecule has 0 radical (unpaired) electrons. The molecule has 0 atom stereocenters. The Bertz CT molecular complexity index is 1770. The molecule has 1 aromatic carbocycles. The summed E-state index contributed by atoms with van der Waals surface area (Å²) < 4.78 is 20.6. The SMILES string of the molecule is Fc1cc(OCCN2CCCC2)cc(-c2cncc3[nH]c(-c4[nH]nc5ncc(-c6ccncc6)cc45)cc23)c1. The van der Waals surface area contributed by atoms with Gasteiger partial charge in [-0.2, -0.15) is 5.10 Å². The van der Waals surface area contributed by atoms with E-state index in [1.165, 1.54) is 25.0 Å². The summed E-state index contributed by atoms with van der Waals surface area (Å²) in [6, 6.07) is 12.9. The fourth-order valence-electron chi connectivity index (χ4n) is 5.32. The van der Waals surface area contributed by atoms with Crippen LogP contribution in [-0.2, 0) is 0 Å². The number of hydrogen-bond donors (Lipinski definition) is 2. The third kappa shape index (κ3) is 4.61. The number of nitrogens with zero attached hydrogens (tertiary/aromatic N) is 5. The van der Waals surface area contributed by atoms with Crippen molar-refractivity contribution in [2.45, 2.75) is 12.8 Å². The van der Waals surface area contributed by atoms with Crippen LogP contribution in [0.1, 0.15) is 12.8 Å². The molecule has 0 bridgehead atoms. The fourth-order valence-corrected chi connectivity index (χ4v) is 5.32. The third-order valence-corrected chi connectivity index (χ3v) is 7.30. The van der Waals surface area contributed by atoms with Crippen LogP contribution in [0.15, 0.2) is 73.4 Å². The van der Waals surface area contributed by atoms with E-state index in [-0.39, 0.29) is 5.82 Å². The van der Waals surface area contributed by atoms with Gasteiger partial charge in [0.25, 0.3) is 0 Å². The van der Waals surface area contributed by atoms with Crippen LogP contribution in [-0.4, -0.2) is 61.3 Å². The van der Waals surface area contributed by atoms with Gasteiger partial charge in [0.2, 0.25) is 0 Å². The zero-order valence-corrected chi connectivity index (χ0v) is 21.2. The quantitative estimate of drug-likeness (QED) is 0.275. The van der Waals surface area contributed by atoms with E-state index in [2.05, 4.69) is 41.1 Å². The number of fused-ring (bicyclic) bond motifs is 2. The van der Waals surface area contributed by atoms with Crippen molar-refractivity contribution in [2.75, 3.05) is 26.2 Å². The maximum atomic E-state index is 14.7. The van der Waals surface area contributed by atoms with Gasteiger partial charge in [-0.3, -0.25) is 20.0 Å². The first-order chi connectivity index (χ1) is 19.2. The molecule has 8 nitrogen and oxygen atoms in total. The molecule has 1 aliphatic rings. The number of aromatic amines is 2. The largest absolute Gasteiger partial charge is 0.492 e. The first-order valence-electron chi connectivity index (χ1n) is 13.1. The summed E-state index contributed by atoms with van der Waals surface area (Å²) in [4.78, 5) is 18.9. The van der Waals surface area contributed by atoms with E-state index in [0.717, 1.165) is 64.0 Å². The van der Waals surface area contributed by atoms with Crippen LogP contribution in [0, 0.1) is 5.82 Å². The standard InChI is InChI=1S/C30H26FN7O/c31-22-11-20(12-23(14-22)39-10-9-38-7-1-2-8-38)26-17-33-18-28-24(26)15-27(35-28)29-25-13-21(16-34-30(25)37-36-29)19-3-5-32-6-4-19/h3-6,11-18,35H,1-2,7-10H2,(H,34,36,37). The minimum Gasteiger partial charge on any atom is -0.492 e. The van der Waals surface area contributed by atoms with Gasteiger partial charge in [-0.25, -0.2) is 9.37 Å². The molecule has 2 N–H and O–H groups in total. The van der Waals surface area contributed by atoms with Crippen LogP contribution in [0.2, 0.25) is 0 Å². The Balaban J connectivity index is 1.23. The summed E-state index contributed by atoms with van der Waals surface area (Å²) in [6.07, 6.45) is 11.3. The van der Waals surface area contributed by atoms with E-state index in [4.69, 9.17) is 4.74 Å². The number of H-pyrrole nitrogens is 2. The number of aromatic nitrogens is 6. The van der Waals surface area contributed by atoms with Crippen molar-refractivity contribution in [2.24, 2.45) is 0 Å². The maximum Gasteiger partial charge on any atom is 0.181 e. The second-order valence-electron chi connectivity index (χ2n) is 9.83. The van der Waals surface area contributed by atoms with Crippen molar-refractivity contribution < 1.29 is 9.13 Å². The van der Waals surface area contributed by atoms with Gasteiger partial charge in [-0.1, -0.05) is 0 Å². The van der Waals surface area contributed by atoms with E-state index in [1.807, 2.05) is 30.5 Å². The summed E-state index contributed by atoms with van der Waals surface area (Å²) in [5, 5.41) is 9.36. The molecule has 194 valence electrons. The number of ether oxygens (including phenoxy) is 1. The minimum absolute atomic E-state index is 0.342. The molecule has 9 heteroatoms. The van der Waals surface area contributed by atoms with E-state index >= 15 is 0 Å². The molecule has 1 fully saturated rings. The van der Waals surface area contributed by atoms with E-state index in [9.17, 15) is 4.39 Å². The highest BCUT2D eigenvalue weighted by atomic mass is 19.1. The van der Waals surface area contributed by atoms with Crippen LogP contribution < -0.4 is 4.74 Å². The summed E-state index contributed by atoms with van der Waals surface area (Å²) >= 11 is 0. The number of nitrogens with one attached hydrogen (secondary N) is 2. The van der Waals surface area contributed by atoms with Crippen LogP contribution >= 0.6 is 0 Å². The molecule has 0 spiro atoms. The van der Waals surface area contributed by atoms with E-state index in [0.29, 0.717) is 23.6 Å². The molecule has 5 aromatic heterocycles. The summed E-state index contributed by atoms with van der Waals surface area (Å²) in [5.74, 6) is 0.178. The highest BCUT2D eigenvalue weighted by Gasteiger charge is 2.16. The Labute approximate surface area is 223 Å². The number of likely N-dealkylation sites (tertiary alicyclic amines) is 1. The summed E-state index contributed by atoms with van der Waals surface area (Å²) in [6.45, 7) is 3.59. The van der Waals surface area contributed by atoms with Crippen molar-refractivity contribution in [1.29, 1.82) is 0 Å². The number of benzene rings is 1. The predicted molar refractivity (Wildman–Crippen MR) is 149 cm³/mol. The normalized spacial score (nSPS) is 14.0. The molecule has 6 aromatic rings. The third-order valence-electron chi connectivity index (χ3n) is 7.30. The van der Waals surface area contributed by atoms with Crippen LogP contribution in [0.5, 0.6) is 5.75 Å². The number of hydrogen-bond acceptors (Lipinski definition) is 6. The molecule has 39 heavy (non-hydrogen) atoms. The van der Waals surface area contributed by atoms with Gasteiger partial charge in [0, 0.05) is 59.3 Å². The molecule has 0 amide bonds. The molecule has 6 heterocycles.